The fourth-order valence-electron chi connectivity index (χ4n) is 4.32. The molecule has 0 aromatic carbocycles. The second-order valence-corrected chi connectivity index (χ2v) is 9.51. The summed E-state index contributed by atoms with van der Waals surface area (Å²) in [5.74, 6) is -0.632. The molecule has 5 rings (SSSR count). The smallest absolute Gasteiger partial charge is 0.291 e. The standard InChI is InChI=1S/C25H28N6O5/c1-14(2)13-30-23-17(6-7-20(32)29-10-11-36-19-8-9-26-12-18(19)29)15(3)28-31(23)25(35)21(24(30)34)22(33)27-16-4-5-16/h6-9,12,14,16,34H,4-5,10-11,13H2,1-3H3,(H,27,33)/b7-6+. The van der Waals surface area contributed by atoms with Crippen molar-refractivity contribution in [3.63, 3.8) is 0 Å². The van der Waals surface area contributed by atoms with Gasteiger partial charge >= 0.3 is 0 Å². The molecule has 1 fully saturated rings. The Morgan fingerprint density at radius 1 is 1.33 bits per heavy atom. The van der Waals surface area contributed by atoms with E-state index in [1.54, 1.807) is 36.4 Å². The van der Waals surface area contributed by atoms with Crippen molar-refractivity contribution in [1.29, 1.82) is 0 Å². The number of aryl methyl sites for hydroxylation is 1. The number of pyridine rings is 1. The molecule has 0 unspecified atom stereocenters. The Balaban J connectivity index is 1.58. The Morgan fingerprint density at radius 2 is 2.11 bits per heavy atom. The van der Waals surface area contributed by atoms with Crippen LogP contribution in [-0.2, 0) is 11.3 Å². The van der Waals surface area contributed by atoms with Crippen molar-refractivity contribution < 1.29 is 19.4 Å². The molecule has 0 radical (unpaired) electrons. The number of carbonyl (C=O) groups is 2. The van der Waals surface area contributed by atoms with E-state index in [9.17, 15) is 19.5 Å². The molecule has 0 atom stereocenters. The van der Waals surface area contributed by atoms with E-state index in [4.69, 9.17) is 4.74 Å². The van der Waals surface area contributed by atoms with Crippen LogP contribution in [0.1, 0.15) is 48.3 Å². The number of ether oxygens (including phenoxy) is 1. The summed E-state index contributed by atoms with van der Waals surface area (Å²) in [5, 5.41) is 18.2. The number of nitrogens with one attached hydrogen (secondary N) is 1. The fraction of sp³-hybridized carbons (Fsp3) is 0.400. The summed E-state index contributed by atoms with van der Waals surface area (Å²) in [5.41, 5.74) is 0.849. The molecule has 11 heteroatoms. The molecule has 0 bridgehead atoms. The van der Waals surface area contributed by atoms with Crippen LogP contribution in [0.5, 0.6) is 11.6 Å². The minimum atomic E-state index is -0.706. The van der Waals surface area contributed by atoms with Gasteiger partial charge in [0.05, 0.1) is 18.4 Å². The van der Waals surface area contributed by atoms with Gasteiger partial charge < -0.3 is 20.1 Å². The molecule has 3 aromatic heterocycles. The zero-order valence-corrected chi connectivity index (χ0v) is 20.4. The third-order valence-electron chi connectivity index (χ3n) is 6.19. The maximum Gasteiger partial charge on any atom is 0.291 e. The summed E-state index contributed by atoms with van der Waals surface area (Å²) in [6.45, 7) is 6.70. The Morgan fingerprint density at radius 3 is 2.83 bits per heavy atom. The van der Waals surface area contributed by atoms with E-state index < -0.39 is 17.3 Å². The molecule has 2 aliphatic rings. The largest absolute Gasteiger partial charge is 0.494 e. The third-order valence-corrected chi connectivity index (χ3v) is 6.19. The maximum absolute atomic E-state index is 13.3. The molecule has 36 heavy (non-hydrogen) atoms. The van der Waals surface area contributed by atoms with E-state index in [1.165, 1.54) is 10.6 Å². The number of aromatic hydroxyl groups is 1. The molecule has 2 N–H and O–H groups in total. The molecule has 1 aliphatic carbocycles. The van der Waals surface area contributed by atoms with Crippen LogP contribution >= 0.6 is 0 Å². The van der Waals surface area contributed by atoms with Crippen LogP contribution in [-0.4, -0.2) is 55.3 Å². The zero-order valence-electron chi connectivity index (χ0n) is 20.4. The van der Waals surface area contributed by atoms with E-state index in [0.29, 0.717) is 48.0 Å². The Labute approximate surface area is 207 Å². The van der Waals surface area contributed by atoms with Crippen molar-refractivity contribution in [2.45, 2.75) is 46.2 Å². The molecule has 1 saturated carbocycles. The molecule has 3 aromatic rings. The van der Waals surface area contributed by atoms with Crippen LogP contribution in [0.15, 0.2) is 29.3 Å². The van der Waals surface area contributed by atoms with Gasteiger partial charge in [0.1, 0.15) is 23.7 Å². The van der Waals surface area contributed by atoms with Gasteiger partial charge in [-0.15, -0.1) is 0 Å². The number of aromatic nitrogens is 4. The highest BCUT2D eigenvalue weighted by Gasteiger charge is 2.30. The van der Waals surface area contributed by atoms with E-state index in [-0.39, 0.29) is 23.4 Å². The summed E-state index contributed by atoms with van der Waals surface area (Å²) in [4.78, 5) is 44.8. The monoisotopic (exact) mass is 492 g/mol. The minimum absolute atomic E-state index is 0.0231. The van der Waals surface area contributed by atoms with Gasteiger partial charge in [-0.1, -0.05) is 13.8 Å². The normalized spacial score (nSPS) is 15.4. The SMILES string of the molecule is Cc1nn2c(=O)c(C(=O)NC3CC3)c(O)n(CC(C)C)c2c1/C=C/C(=O)N1CCOc2ccncc21. The van der Waals surface area contributed by atoms with Crippen molar-refractivity contribution in [2.24, 2.45) is 5.92 Å². The zero-order chi connectivity index (χ0) is 25.6. The maximum atomic E-state index is 13.3. The molecule has 1 aliphatic heterocycles. The van der Waals surface area contributed by atoms with E-state index in [1.807, 2.05) is 13.8 Å². The molecule has 2 amide bonds. The second kappa shape index (κ2) is 9.14. The number of amides is 2. The van der Waals surface area contributed by atoms with Gasteiger partial charge in [-0.2, -0.15) is 9.61 Å². The first-order valence-corrected chi connectivity index (χ1v) is 12.0. The van der Waals surface area contributed by atoms with Crippen molar-refractivity contribution in [1.82, 2.24) is 24.5 Å². The summed E-state index contributed by atoms with van der Waals surface area (Å²) >= 11 is 0. The van der Waals surface area contributed by atoms with Gasteiger partial charge in [-0.05, 0) is 31.8 Å². The minimum Gasteiger partial charge on any atom is -0.494 e. The summed E-state index contributed by atoms with van der Waals surface area (Å²) in [6, 6.07) is 1.73. The Kier molecular flexibility index (Phi) is 5.99. The average Bonchev–Trinajstić information content (AvgIpc) is 3.60. The quantitative estimate of drug-likeness (QED) is 0.503. The van der Waals surface area contributed by atoms with E-state index in [2.05, 4.69) is 15.4 Å². The number of hydrogen-bond acceptors (Lipinski definition) is 7. The van der Waals surface area contributed by atoms with Crippen LogP contribution in [0, 0.1) is 12.8 Å². The van der Waals surface area contributed by atoms with E-state index in [0.717, 1.165) is 17.4 Å². The molecule has 0 saturated heterocycles. The lowest BCUT2D eigenvalue weighted by molar-refractivity contribution is -0.114. The van der Waals surface area contributed by atoms with Crippen LogP contribution in [0.2, 0.25) is 0 Å². The van der Waals surface area contributed by atoms with Crippen molar-refractivity contribution in [3.05, 3.63) is 51.7 Å². The van der Waals surface area contributed by atoms with Crippen molar-refractivity contribution in [3.8, 4) is 11.6 Å². The van der Waals surface area contributed by atoms with Crippen molar-refractivity contribution in [2.75, 3.05) is 18.1 Å². The molecule has 4 heterocycles. The highest BCUT2D eigenvalue weighted by molar-refractivity contribution is 6.05. The molecule has 0 spiro atoms. The van der Waals surface area contributed by atoms with Crippen LogP contribution < -0.4 is 20.5 Å². The van der Waals surface area contributed by atoms with Gasteiger partial charge in [-0.3, -0.25) is 23.9 Å². The van der Waals surface area contributed by atoms with Crippen LogP contribution in [0.25, 0.3) is 11.7 Å². The van der Waals surface area contributed by atoms with Crippen molar-refractivity contribution >= 4 is 29.2 Å². The third kappa shape index (κ3) is 4.21. The Bertz CT molecular complexity index is 1450. The number of carbonyl (C=O) groups excluding carboxylic acids is 2. The Hall–Kier alpha value is -4.15. The van der Waals surface area contributed by atoms with Gasteiger partial charge in [0.25, 0.3) is 17.4 Å². The van der Waals surface area contributed by atoms with Gasteiger partial charge in [0.2, 0.25) is 5.88 Å². The lowest BCUT2D eigenvalue weighted by Crippen LogP contribution is -2.36. The number of rotatable bonds is 6. The average molecular weight is 493 g/mol. The summed E-state index contributed by atoms with van der Waals surface area (Å²) < 4.78 is 8.25. The highest BCUT2D eigenvalue weighted by Crippen LogP contribution is 2.31. The summed E-state index contributed by atoms with van der Waals surface area (Å²) in [6.07, 6.45) is 7.87. The number of nitrogens with zero attached hydrogens (tertiary/aromatic N) is 5. The highest BCUT2D eigenvalue weighted by atomic mass is 16.5. The number of fused-ring (bicyclic) bond motifs is 2. The topological polar surface area (TPSA) is 131 Å². The predicted molar refractivity (Wildman–Crippen MR) is 132 cm³/mol. The molecular weight excluding hydrogens is 464 g/mol. The van der Waals surface area contributed by atoms with Crippen LogP contribution in [0.4, 0.5) is 5.69 Å². The second-order valence-electron chi connectivity index (χ2n) is 9.51. The van der Waals surface area contributed by atoms with Crippen LogP contribution in [0.3, 0.4) is 0 Å². The lowest BCUT2D eigenvalue weighted by atomic mass is 10.1. The lowest BCUT2D eigenvalue weighted by Gasteiger charge is -2.28. The van der Waals surface area contributed by atoms with E-state index >= 15 is 0 Å². The van der Waals surface area contributed by atoms with Gasteiger partial charge in [-0.25, -0.2) is 0 Å². The predicted octanol–water partition coefficient (Wildman–Crippen LogP) is 1.89. The first-order valence-electron chi connectivity index (χ1n) is 12.0. The first-order chi connectivity index (χ1) is 17.3. The van der Waals surface area contributed by atoms with Gasteiger partial charge in [0, 0.05) is 36.5 Å². The number of hydrogen-bond donors (Lipinski definition) is 2. The number of anilines is 1. The summed E-state index contributed by atoms with van der Waals surface area (Å²) in [7, 11) is 0. The molecule has 188 valence electrons. The van der Waals surface area contributed by atoms with Gasteiger partial charge in [0.15, 0.2) is 5.56 Å². The molecular formula is C25H28N6O5. The molecule has 11 nitrogen and oxygen atoms in total. The first kappa shape index (κ1) is 23.6. The fourth-order valence-corrected chi connectivity index (χ4v) is 4.32.